The molecule has 5 nitrogen and oxygen atoms in total. The predicted molar refractivity (Wildman–Crippen MR) is 57.8 cm³/mol. The highest BCUT2D eigenvalue weighted by molar-refractivity contribution is 6.11. The Hall–Kier alpha value is -1.91. The lowest BCUT2D eigenvalue weighted by molar-refractivity contribution is -0.149. The van der Waals surface area contributed by atoms with E-state index < -0.39 is 11.5 Å². The second-order valence-corrected chi connectivity index (χ2v) is 4.15. The number of rotatable bonds is 1. The van der Waals surface area contributed by atoms with Crippen molar-refractivity contribution in [2.75, 3.05) is 0 Å². The molecular formula is C11H12N2O3. The second kappa shape index (κ2) is 3.30. The molecule has 1 atom stereocenters. The third-order valence-electron chi connectivity index (χ3n) is 2.88. The van der Waals surface area contributed by atoms with Crippen LogP contribution in [0.3, 0.4) is 0 Å². The Morgan fingerprint density at radius 2 is 2.31 bits per heavy atom. The van der Waals surface area contributed by atoms with Crippen molar-refractivity contribution in [3.05, 3.63) is 23.9 Å². The average Bonchev–Trinajstić information content (AvgIpc) is 2.19. The normalized spacial score (nSPS) is 28.4. The zero-order chi connectivity index (χ0) is 11.9. The molecule has 2 rings (SSSR count). The summed E-state index contributed by atoms with van der Waals surface area (Å²) < 4.78 is 0. The number of fused-ring (bicyclic) bond motifs is 1. The molecule has 2 aliphatic rings. The number of amides is 1. The van der Waals surface area contributed by atoms with Crippen LogP contribution in [0, 0.1) is 0 Å². The largest absolute Gasteiger partial charge is 0.479 e. The van der Waals surface area contributed by atoms with E-state index in [1.807, 2.05) is 0 Å². The molecule has 0 spiro atoms. The summed E-state index contributed by atoms with van der Waals surface area (Å²) >= 11 is 0. The zero-order valence-electron chi connectivity index (χ0n) is 9.10. The van der Waals surface area contributed by atoms with Gasteiger partial charge in [-0.1, -0.05) is 6.08 Å². The van der Waals surface area contributed by atoms with E-state index in [4.69, 9.17) is 0 Å². The van der Waals surface area contributed by atoms with E-state index in [-0.39, 0.29) is 12.3 Å². The van der Waals surface area contributed by atoms with Gasteiger partial charge in [0.15, 0.2) is 0 Å². The molecule has 0 bridgehead atoms. The van der Waals surface area contributed by atoms with E-state index in [9.17, 15) is 14.7 Å². The first-order valence-electron chi connectivity index (χ1n) is 4.95. The fraction of sp³-hybridized carbons (Fsp3) is 0.364. The van der Waals surface area contributed by atoms with Gasteiger partial charge in [0.05, 0.1) is 6.42 Å². The molecule has 1 N–H and O–H groups in total. The number of carbonyl (C=O) groups is 2. The summed E-state index contributed by atoms with van der Waals surface area (Å²) in [6, 6.07) is 0. The maximum absolute atomic E-state index is 11.5. The van der Waals surface area contributed by atoms with Gasteiger partial charge in [-0.3, -0.25) is 4.79 Å². The number of aliphatic carboxylic acids is 1. The molecule has 0 unspecified atom stereocenters. The summed E-state index contributed by atoms with van der Waals surface area (Å²) in [6.45, 7) is 3.33. The van der Waals surface area contributed by atoms with Crippen LogP contribution in [0.2, 0.25) is 0 Å². The maximum atomic E-state index is 11.5. The number of hydrogen-bond donors (Lipinski definition) is 1. The van der Waals surface area contributed by atoms with Crippen molar-refractivity contribution in [2.24, 2.45) is 4.99 Å². The van der Waals surface area contributed by atoms with Crippen molar-refractivity contribution in [3.8, 4) is 0 Å². The van der Waals surface area contributed by atoms with E-state index in [0.717, 1.165) is 5.57 Å². The van der Waals surface area contributed by atoms with Crippen LogP contribution in [0.25, 0.3) is 0 Å². The predicted octanol–water partition coefficient (Wildman–Crippen LogP) is 0.934. The molecule has 0 saturated heterocycles. The van der Waals surface area contributed by atoms with Crippen LogP contribution >= 0.6 is 0 Å². The van der Waals surface area contributed by atoms with Crippen molar-refractivity contribution in [2.45, 2.75) is 25.8 Å². The van der Waals surface area contributed by atoms with Gasteiger partial charge in [-0.2, -0.15) is 4.99 Å². The van der Waals surface area contributed by atoms with Crippen LogP contribution in [-0.4, -0.2) is 33.3 Å². The Labute approximate surface area is 92.8 Å². The Bertz CT molecular complexity index is 462. The number of carboxylic acids is 1. The Morgan fingerprint density at radius 3 is 2.94 bits per heavy atom. The van der Waals surface area contributed by atoms with Gasteiger partial charge in [0.25, 0.3) is 5.91 Å². The summed E-state index contributed by atoms with van der Waals surface area (Å²) in [4.78, 5) is 28.2. The highest BCUT2D eigenvalue weighted by atomic mass is 16.4. The number of allylic oxidation sites excluding steroid dienone is 2. The van der Waals surface area contributed by atoms with Crippen molar-refractivity contribution < 1.29 is 14.7 Å². The quantitative estimate of drug-likeness (QED) is 0.713. The van der Waals surface area contributed by atoms with Crippen LogP contribution in [-0.2, 0) is 9.59 Å². The lowest BCUT2D eigenvalue weighted by Crippen LogP contribution is -2.56. The Kier molecular flexibility index (Phi) is 2.18. The molecule has 0 aromatic carbocycles. The van der Waals surface area contributed by atoms with Gasteiger partial charge in [0.1, 0.15) is 11.4 Å². The zero-order valence-corrected chi connectivity index (χ0v) is 9.10. The van der Waals surface area contributed by atoms with E-state index in [0.29, 0.717) is 5.84 Å². The van der Waals surface area contributed by atoms with E-state index in [1.54, 1.807) is 30.2 Å². The van der Waals surface area contributed by atoms with Gasteiger partial charge in [-0.15, -0.1) is 0 Å². The first kappa shape index (κ1) is 10.6. The van der Waals surface area contributed by atoms with Crippen molar-refractivity contribution >= 4 is 17.7 Å². The maximum Gasteiger partial charge on any atom is 0.330 e. The third-order valence-corrected chi connectivity index (χ3v) is 2.88. The molecule has 2 heterocycles. The number of amidine groups is 1. The highest BCUT2D eigenvalue weighted by Crippen LogP contribution is 2.29. The highest BCUT2D eigenvalue weighted by Gasteiger charge is 2.46. The van der Waals surface area contributed by atoms with Gasteiger partial charge in [-0.05, 0) is 25.5 Å². The van der Waals surface area contributed by atoms with Crippen LogP contribution in [0.4, 0.5) is 0 Å². The average molecular weight is 220 g/mol. The third kappa shape index (κ3) is 1.36. The fourth-order valence-corrected chi connectivity index (χ4v) is 1.86. The van der Waals surface area contributed by atoms with Crippen molar-refractivity contribution in [1.29, 1.82) is 0 Å². The van der Waals surface area contributed by atoms with Gasteiger partial charge < -0.3 is 10.0 Å². The lowest BCUT2D eigenvalue weighted by Gasteiger charge is -2.40. The SMILES string of the molecule is CC1=CC=CN2C1=NC(=O)C[C@@]2(C)C(=O)O. The molecule has 16 heavy (non-hydrogen) atoms. The van der Waals surface area contributed by atoms with Crippen LogP contribution in [0.15, 0.2) is 28.9 Å². The van der Waals surface area contributed by atoms with Crippen LogP contribution in [0.1, 0.15) is 20.3 Å². The van der Waals surface area contributed by atoms with Gasteiger partial charge >= 0.3 is 5.97 Å². The summed E-state index contributed by atoms with van der Waals surface area (Å²) in [5, 5.41) is 9.24. The van der Waals surface area contributed by atoms with Gasteiger partial charge in [-0.25, -0.2) is 4.79 Å². The van der Waals surface area contributed by atoms with Gasteiger partial charge in [0.2, 0.25) is 0 Å². The summed E-state index contributed by atoms with van der Waals surface area (Å²) in [5.41, 5.74) is -0.441. The molecular weight excluding hydrogens is 208 g/mol. The summed E-state index contributed by atoms with van der Waals surface area (Å²) in [7, 11) is 0. The van der Waals surface area contributed by atoms with Crippen molar-refractivity contribution in [1.82, 2.24) is 4.90 Å². The van der Waals surface area contributed by atoms with E-state index in [1.165, 1.54) is 6.92 Å². The van der Waals surface area contributed by atoms with Gasteiger partial charge in [0, 0.05) is 6.20 Å². The number of carbonyl (C=O) groups excluding carboxylic acids is 1. The van der Waals surface area contributed by atoms with Crippen LogP contribution < -0.4 is 0 Å². The second-order valence-electron chi connectivity index (χ2n) is 4.15. The molecule has 84 valence electrons. The first-order chi connectivity index (χ1) is 7.45. The summed E-state index contributed by atoms with van der Waals surface area (Å²) in [5.74, 6) is -0.976. The number of carboxylic acid groups (broad SMARTS) is 1. The first-order valence-corrected chi connectivity index (χ1v) is 4.95. The fourth-order valence-electron chi connectivity index (χ4n) is 1.86. The van der Waals surface area contributed by atoms with E-state index in [2.05, 4.69) is 4.99 Å². The number of hydrogen-bond acceptors (Lipinski definition) is 3. The molecule has 0 aromatic heterocycles. The number of aliphatic imine (C=N–C) groups is 1. The molecule has 0 radical (unpaired) electrons. The standard InChI is InChI=1S/C11H12N2O3/c1-7-4-3-5-13-9(7)12-8(14)6-11(13,2)10(15)16/h3-5H,6H2,1-2H3,(H,15,16)/t11-/m0/s1. The smallest absolute Gasteiger partial charge is 0.330 e. The molecule has 5 heteroatoms. The summed E-state index contributed by atoms with van der Waals surface area (Å²) in [6.07, 6.45) is 5.09. The lowest BCUT2D eigenvalue weighted by atomic mass is 9.91. The molecule has 0 fully saturated rings. The van der Waals surface area contributed by atoms with E-state index >= 15 is 0 Å². The molecule has 2 aliphatic heterocycles. The molecule has 0 aliphatic carbocycles. The van der Waals surface area contributed by atoms with Crippen molar-refractivity contribution in [3.63, 3.8) is 0 Å². The molecule has 0 aromatic rings. The molecule has 1 amide bonds. The monoisotopic (exact) mass is 220 g/mol. The van der Waals surface area contributed by atoms with Crippen LogP contribution in [0.5, 0.6) is 0 Å². The Balaban J connectivity index is 2.54. The molecule has 0 saturated carbocycles. The Morgan fingerprint density at radius 1 is 1.62 bits per heavy atom. The minimum atomic E-state index is -1.24. The number of nitrogens with zero attached hydrogens (tertiary/aromatic N) is 2. The minimum Gasteiger partial charge on any atom is -0.479 e. The minimum absolute atomic E-state index is 0.108. The topological polar surface area (TPSA) is 70.0 Å².